The highest BCUT2D eigenvalue weighted by Crippen LogP contribution is 2.19. The zero-order valence-electron chi connectivity index (χ0n) is 10.0. The average Bonchev–Trinajstić information content (AvgIpc) is 2.28. The molecule has 5 nitrogen and oxygen atoms in total. The highest BCUT2D eigenvalue weighted by Gasteiger charge is 2.38. The van der Waals surface area contributed by atoms with Crippen LogP contribution in [0.25, 0.3) is 0 Å². The Balaban J connectivity index is 2.69. The molecule has 0 saturated carbocycles. The molecule has 1 amide bonds. The molecule has 1 aliphatic rings. The molecule has 92 valence electrons. The standard InChI is InChI=1S/C11H19NO4/c1-11(2,10(14)15)12(3)9(13)8-6-4-5-7-16-8/h8H,4-7H2,1-3H3,(H,14,15). The Morgan fingerprint density at radius 2 is 2.00 bits per heavy atom. The number of amides is 1. The van der Waals surface area contributed by atoms with E-state index in [0.29, 0.717) is 13.0 Å². The molecule has 1 rings (SSSR count). The summed E-state index contributed by atoms with van der Waals surface area (Å²) in [6.07, 6.45) is 2.13. The Kier molecular flexibility index (Phi) is 3.91. The summed E-state index contributed by atoms with van der Waals surface area (Å²) in [4.78, 5) is 24.3. The van der Waals surface area contributed by atoms with E-state index >= 15 is 0 Å². The van der Waals surface area contributed by atoms with Crippen LogP contribution in [0.2, 0.25) is 0 Å². The van der Waals surface area contributed by atoms with Crippen molar-refractivity contribution in [1.82, 2.24) is 4.90 Å². The number of carboxylic acids is 1. The van der Waals surface area contributed by atoms with E-state index in [0.717, 1.165) is 12.8 Å². The molecule has 16 heavy (non-hydrogen) atoms. The molecule has 0 aromatic carbocycles. The number of ether oxygens (including phenoxy) is 1. The second-order valence-electron chi connectivity index (χ2n) is 4.62. The van der Waals surface area contributed by atoms with Crippen LogP contribution in [-0.2, 0) is 14.3 Å². The molecule has 1 N–H and O–H groups in total. The van der Waals surface area contributed by atoms with Crippen molar-refractivity contribution in [2.24, 2.45) is 0 Å². The van der Waals surface area contributed by atoms with Crippen molar-refractivity contribution in [3.05, 3.63) is 0 Å². The number of rotatable bonds is 3. The molecule has 1 unspecified atom stereocenters. The topological polar surface area (TPSA) is 66.8 Å². The number of likely N-dealkylation sites (N-methyl/N-ethyl adjacent to an activating group) is 1. The number of nitrogens with zero attached hydrogens (tertiary/aromatic N) is 1. The molecule has 0 aromatic rings. The number of aliphatic carboxylic acids is 1. The third-order valence-corrected chi connectivity index (χ3v) is 3.15. The number of carboxylic acid groups (broad SMARTS) is 1. The molecule has 0 spiro atoms. The van der Waals surface area contributed by atoms with Crippen LogP contribution >= 0.6 is 0 Å². The maximum Gasteiger partial charge on any atom is 0.329 e. The highest BCUT2D eigenvalue weighted by atomic mass is 16.5. The average molecular weight is 229 g/mol. The van der Waals surface area contributed by atoms with E-state index in [2.05, 4.69) is 0 Å². The second kappa shape index (κ2) is 4.82. The molecule has 5 heteroatoms. The lowest BCUT2D eigenvalue weighted by molar-refractivity contribution is -0.162. The zero-order chi connectivity index (χ0) is 12.3. The first-order chi connectivity index (χ1) is 7.37. The first-order valence-corrected chi connectivity index (χ1v) is 5.50. The van der Waals surface area contributed by atoms with E-state index in [-0.39, 0.29) is 5.91 Å². The Bertz CT molecular complexity index is 282. The predicted octanol–water partition coefficient (Wildman–Crippen LogP) is 0.877. The van der Waals surface area contributed by atoms with Crippen LogP contribution in [0.3, 0.4) is 0 Å². The molecule has 0 aromatic heterocycles. The van der Waals surface area contributed by atoms with Crippen LogP contribution in [-0.4, -0.2) is 47.2 Å². The molecule has 1 aliphatic heterocycles. The van der Waals surface area contributed by atoms with Gasteiger partial charge < -0.3 is 14.7 Å². The van der Waals surface area contributed by atoms with Crippen LogP contribution in [0.15, 0.2) is 0 Å². The Hall–Kier alpha value is -1.10. The lowest BCUT2D eigenvalue weighted by Gasteiger charge is -2.35. The van der Waals surface area contributed by atoms with Gasteiger partial charge in [-0.3, -0.25) is 4.79 Å². The third kappa shape index (κ3) is 2.52. The maximum absolute atomic E-state index is 12.0. The quantitative estimate of drug-likeness (QED) is 0.780. The Morgan fingerprint density at radius 3 is 2.44 bits per heavy atom. The van der Waals surface area contributed by atoms with Gasteiger partial charge in [-0.05, 0) is 33.1 Å². The lowest BCUT2D eigenvalue weighted by Crippen LogP contribution is -2.54. The summed E-state index contributed by atoms with van der Waals surface area (Å²) in [5, 5.41) is 9.02. The van der Waals surface area contributed by atoms with Gasteiger partial charge in [-0.15, -0.1) is 0 Å². The van der Waals surface area contributed by atoms with Crippen molar-refractivity contribution < 1.29 is 19.4 Å². The van der Waals surface area contributed by atoms with E-state index in [1.165, 1.54) is 25.8 Å². The Morgan fingerprint density at radius 1 is 1.38 bits per heavy atom. The van der Waals surface area contributed by atoms with Crippen LogP contribution in [0.5, 0.6) is 0 Å². The number of hydrogen-bond donors (Lipinski definition) is 1. The summed E-state index contributed by atoms with van der Waals surface area (Å²) in [6.45, 7) is 3.60. The fourth-order valence-corrected chi connectivity index (χ4v) is 1.57. The van der Waals surface area contributed by atoms with Gasteiger partial charge in [0.2, 0.25) is 0 Å². The molecule has 1 fully saturated rings. The van der Waals surface area contributed by atoms with Gasteiger partial charge in [0.05, 0.1) is 0 Å². The van der Waals surface area contributed by atoms with Crippen molar-refractivity contribution in [2.75, 3.05) is 13.7 Å². The largest absolute Gasteiger partial charge is 0.480 e. The maximum atomic E-state index is 12.0. The summed E-state index contributed by atoms with van der Waals surface area (Å²) in [5.41, 5.74) is -1.20. The van der Waals surface area contributed by atoms with E-state index in [1.54, 1.807) is 0 Å². The first-order valence-electron chi connectivity index (χ1n) is 5.50. The van der Waals surface area contributed by atoms with Gasteiger partial charge in [0.15, 0.2) is 0 Å². The van der Waals surface area contributed by atoms with E-state index in [9.17, 15) is 9.59 Å². The normalized spacial score (nSPS) is 21.6. The minimum absolute atomic E-state index is 0.243. The zero-order valence-corrected chi connectivity index (χ0v) is 10.0. The summed E-state index contributed by atoms with van der Waals surface area (Å²) in [5.74, 6) is -1.26. The molecule has 0 radical (unpaired) electrons. The molecular weight excluding hydrogens is 210 g/mol. The van der Waals surface area contributed by atoms with Gasteiger partial charge in [0.25, 0.3) is 5.91 Å². The molecule has 0 bridgehead atoms. The van der Waals surface area contributed by atoms with Crippen LogP contribution in [0, 0.1) is 0 Å². The summed E-state index contributed by atoms with van der Waals surface area (Å²) in [6, 6.07) is 0. The Labute approximate surface area is 95.4 Å². The van der Waals surface area contributed by atoms with Gasteiger partial charge in [0, 0.05) is 13.7 Å². The molecule has 1 saturated heterocycles. The minimum Gasteiger partial charge on any atom is -0.480 e. The third-order valence-electron chi connectivity index (χ3n) is 3.15. The number of carbonyl (C=O) groups excluding carboxylic acids is 1. The second-order valence-corrected chi connectivity index (χ2v) is 4.62. The van der Waals surface area contributed by atoms with Crippen LogP contribution in [0.4, 0.5) is 0 Å². The summed E-state index contributed by atoms with van der Waals surface area (Å²) in [7, 11) is 1.51. The predicted molar refractivity (Wildman–Crippen MR) is 58.1 cm³/mol. The summed E-state index contributed by atoms with van der Waals surface area (Å²) < 4.78 is 5.35. The van der Waals surface area contributed by atoms with Gasteiger partial charge in [-0.2, -0.15) is 0 Å². The van der Waals surface area contributed by atoms with Gasteiger partial charge in [0.1, 0.15) is 11.6 Å². The van der Waals surface area contributed by atoms with Crippen molar-refractivity contribution >= 4 is 11.9 Å². The SMILES string of the molecule is CN(C(=O)C1CCCCO1)C(C)(C)C(=O)O. The first kappa shape index (κ1) is 13.0. The van der Waals surface area contributed by atoms with Crippen LogP contribution < -0.4 is 0 Å². The van der Waals surface area contributed by atoms with Gasteiger partial charge in [-0.1, -0.05) is 0 Å². The van der Waals surface area contributed by atoms with Gasteiger partial charge >= 0.3 is 5.97 Å². The lowest BCUT2D eigenvalue weighted by atomic mass is 10.0. The fraction of sp³-hybridized carbons (Fsp3) is 0.818. The van der Waals surface area contributed by atoms with E-state index < -0.39 is 17.6 Å². The van der Waals surface area contributed by atoms with Crippen molar-refractivity contribution in [2.45, 2.75) is 44.8 Å². The van der Waals surface area contributed by atoms with Crippen molar-refractivity contribution in [1.29, 1.82) is 0 Å². The van der Waals surface area contributed by atoms with Crippen LogP contribution in [0.1, 0.15) is 33.1 Å². The minimum atomic E-state index is -1.20. The van der Waals surface area contributed by atoms with Crippen molar-refractivity contribution in [3.63, 3.8) is 0 Å². The molecular formula is C11H19NO4. The highest BCUT2D eigenvalue weighted by molar-refractivity contribution is 5.88. The number of carbonyl (C=O) groups is 2. The summed E-state index contributed by atoms with van der Waals surface area (Å²) >= 11 is 0. The fourth-order valence-electron chi connectivity index (χ4n) is 1.57. The molecule has 1 atom stereocenters. The van der Waals surface area contributed by atoms with Gasteiger partial charge in [-0.25, -0.2) is 4.79 Å². The molecule has 0 aliphatic carbocycles. The smallest absolute Gasteiger partial charge is 0.329 e. The van der Waals surface area contributed by atoms with Crippen molar-refractivity contribution in [3.8, 4) is 0 Å². The monoisotopic (exact) mass is 229 g/mol. The molecule has 1 heterocycles. The van der Waals surface area contributed by atoms with E-state index in [4.69, 9.17) is 9.84 Å². The number of hydrogen-bond acceptors (Lipinski definition) is 3. The van der Waals surface area contributed by atoms with E-state index in [1.807, 2.05) is 0 Å².